The molecule has 5 rings (SSSR count). The second kappa shape index (κ2) is 16.2. The Labute approximate surface area is 278 Å². The van der Waals surface area contributed by atoms with E-state index in [0.29, 0.717) is 17.4 Å². The first kappa shape index (κ1) is 33.7. The zero-order chi connectivity index (χ0) is 33.2. The molecule has 1 aliphatic rings. The van der Waals surface area contributed by atoms with Crippen LogP contribution < -0.4 is 30.3 Å². The molecule has 4 aromatic rings. The van der Waals surface area contributed by atoms with Crippen molar-refractivity contribution < 1.29 is 14.3 Å². The lowest BCUT2D eigenvalue weighted by molar-refractivity contribution is 0.102. The normalized spacial score (nSPS) is 13.3. The monoisotopic (exact) mass is 637 g/mol. The van der Waals surface area contributed by atoms with Crippen molar-refractivity contribution in [2.45, 2.75) is 40.5 Å². The number of rotatable bonds is 14. The number of benzene rings is 3. The molecule has 47 heavy (non-hydrogen) atoms. The molecule has 0 radical (unpaired) electrons. The van der Waals surface area contributed by atoms with Gasteiger partial charge in [0.1, 0.15) is 5.56 Å². The molecule has 1 saturated heterocycles. The third kappa shape index (κ3) is 8.78. The lowest BCUT2D eigenvalue weighted by Gasteiger charge is -2.36. The number of hydrogen-bond acceptors (Lipinski definition) is 9. The number of methoxy groups -OCH3 is 1. The standard InChI is InChI=1S/C37H47N7O3/c1-6-9-28-12-17-32(33(24-28)46-5)47-36-31(35(45)41-34-26(3)10-8-11-27(34)4)25-39-37(42-36)40-29-13-15-30(16-14-29)44-22-20-43(21-23-44)19-18-38-7-2/h8,10-17,24-25,38H,6-7,9,18-23H2,1-5H3,(H,41,45)(H,39,40,42). The van der Waals surface area contributed by atoms with Crippen LogP contribution >= 0.6 is 0 Å². The van der Waals surface area contributed by atoms with Crippen molar-refractivity contribution in [2.75, 3.05) is 68.5 Å². The first-order valence-corrected chi connectivity index (χ1v) is 16.5. The third-order valence-corrected chi connectivity index (χ3v) is 8.41. The summed E-state index contributed by atoms with van der Waals surface area (Å²) in [5.74, 6) is 1.10. The van der Waals surface area contributed by atoms with Gasteiger partial charge < -0.3 is 30.3 Å². The molecule has 0 spiro atoms. The molecule has 3 N–H and O–H groups in total. The average molecular weight is 638 g/mol. The molecule has 1 fully saturated rings. The number of aromatic nitrogens is 2. The van der Waals surface area contributed by atoms with Gasteiger partial charge in [0.15, 0.2) is 11.5 Å². The van der Waals surface area contributed by atoms with Crippen molar-refractivity contribution in [3.8, 4) is 17.4 Å². The van der Waals surface area contributed by atoms with Gasteiger partial charge in [0.2, 0.25) is 11.8 Å². The molecule has 248 valence electrons. The molecule has 0 atom stereocenters. The van der Waals surface area contributed by atoms with Crippen molar-refractivity contribution in [2.24, 2.45) is 0 Å². The number of carbonyl (C=O) groups excluding carboxylic acids is 1. The minimum Gasteiger partial charge on any atom is -0.493 e. The quantitative estimate of drug-likeness (QED) is 0.132. The van der Waals surface area contributed by atoms with Gasteiger partial charge in [0, 0.05) is 62.5 Å². The molecule has 0 saturated carbocycles. The minimum absolute atomic E-state index is 0.122. The number of carbonyl (C=O) groups is 1. The fourth-order valence-corrected chi connectivity index (χ4v) is 5.73. The van der Waals surface area contributed by atoms with Crippen molar-refractivity contribution in [3.63, 3.8) is 0 Å². The Balaban J connectivity index is 1.35. The van der Waals surface area contributed by atoms with Gasteiger partial charge in [0.25, 0.3) is 5.91 Å². The summed E-state index contributed by atoms with van der Waals surface area (Å²) in [6.45, 7) is 15.4. The third-order valence-electron chi connectivity index (χ3n) is 8.41. The summed E-state index contributed by atoms with van der Waals surface area (Å²) in [5, 5.41) is 9.73. The highest BCUT2D eigenvalue weighted by atomic mass is 16.5. The molecular formula is C37H47N7O3. The zero-order valence-corrected chi connectivity index (χ0v) is 28.2. The number of amides is 1. The van der Waals surface area contributed by atoms with E-state index in [1.54, 1.807) is 7.11 Å². The number of nitrogens with zero attached hydrogens (tertiary/aromatic N) is 4. The number of aryl methyl sites for hydroxylation is 3. The molecule has 0 unspecified atom stereocenters. The van der Waals surface area contributed by atoms with Crippen LogP contribution in [0, 0.1) is 13.8 Å². The predicted octanol–water partition coefficient (Wildman–Crippen LogP) is 6.57. The Morgan fingerprint density at radius 1 is 0.936 bits per heavy atom. The van der Waals surface area contributed by atoms with E-state index in [1.165, 1.54) is 11.9 Å². The van der Waals surface area contributed by atoms with Gasteiger partial charge in [0.05, 0.1) is 7.11 Å². The van der Waals surface area contributed by atoms with E-state index in [2.05, 4.69) is 61.7 Å². The number of likely N-dealkylation sites (N-methyl/N-ethyl adjacent to an activating group) is 1. The second-order valence-electron chi connectivity index (χ2n) is 11.8. The van der Waals surface area contributed by atoms with Crippen molar-refractivity contribution in [3.05, 3.63) is 89.1 Å². The highest BCUT2D eigenvalue weighted by Crippen LogP contribution is 2.34. The molecule has 0 aliphatic carbocycles. The average Bonchev–Trinajstić information content (AvgIpc) is 3.08. The van der Waals surface area contributed by atoms with Gasteiger partial charge in [-0.1, -0.05) is 44.5 Å². The van der Waals surface area contributed by atoms with Gasteiger partial charge in [-0.2, -0.15) is 4.98 Å². The molecular weight excluding hydrogens is 590 g/mol. The van der Waals surface area contributed by atoms with Crippen LogP contribution in [0.2, 0.25) is 0 Å². The highest BCUT2D eigenvalue weighted by molar-refractivity contribution is 6.06. The summed E-state index contributed by atoms with van der Waals surface area (Å²) in [6, 6.07) is 20.0. The molecule has 0 bridgehead atoms. The topological polar surface area (TPSA) is 104 Å². The zero-order valence-electron chi connectivity index (χ0n) is 28.2. The smallest absolute Gasteiger partial charge is 0.262 e. The van der Waals surface area contributed by atoms with Crippen LogP contribution in [-0.2, 0) is 6.42 Å². The van der Waals surface area contributed by atoms with Gasteiger partial charge in [-0.3, -0.25) is 9.69 Å². The number of ether oxygens (including phenoxy) is 2. The molecule has 10 nitrogen and oxygen atoms in total. The van der Waals surface area contributed by atoms with Crippen LogP contribution in [0.4, 0.5) is 23.0 Å². The van der Waals surface area contributed by atoms with Gasteiger partial charge in [-0.15, -0.1) is 0 Å². The Bertz CT molecular complexity index is 1620. The molecule has 2 heterocycles. The van der Waals surface area contributed by atoms with Gasteiger partial charge in [-0.05, 0) is 79.9 Å². The lowest BCUT2D eigenvalue weighted by Crippen LogP contribution is -2.48. The summed E-state index contributed by atoms with van der Waals surface area (Å²) in [6.07, 6.45) is 3.43. The first-order valence-electron chi connectivity index (χ1n) is 16.5. The van der Waals surface area contributed by atoms with Crippen LogP contribution in [-0.4, -0.2) is 73.7 Å². The number of nitrogens with one attached hydrogen (secondary N) is 3. The second-order valence-corrected chi connectivity index (χ2v) is 11.8. The van der Waals surface area contributed by atoms with E-state index in [1.807, 2.05) is 62.4 Å². The number of piperazine rings is 1. The van der Waals surface area contributed by atoms with E-state index in [0.717, 1.165) is 86.7 Å². The summed E-state index contributed by atoms with van der Waals surface area (Å²) < 4.78 is 12.0. The fraction of sp³-hybridized carbons (Fsp3) is 0.378. The van der Waals surface area contributed by atoms with E-state index in [9.17, 15) is 4.79 Å². The largest absolute Gasteiger partial charge is 0.493 e. The van der Waals surface area contributed by atoms with Crippen molar-refractivity contribution in [1.29, 1.82) is 0 Å². The summed E-state index contributed by atoms with van der Waals surface area (Å²) >= 11 is 0. The Hall–Kier alpha value is -4.67. The van der Waals surface area contributed by atoms with E-state index in [-0.39, 0.29) is 17.4 Å². The van der Waals surface area contributed by atoms with Crippen LogP contribution in [0.3, 0.4) is 0 Å². The van der Waals surface area contributed by atoms with Crippen LogP contribution in [0.15, 0.2) is 66.9 Å². The summed E-state index contributed by atoms with van der Waals surface area (Å²) in [7, 11) is 1.61. The maximum Gasteiger partial charge on any atom is 0.262 e. The Kier molecular flexibility index (Phi) is 11.6. The predicted molar refractivity (Wildman–Crippen MR) is 190 cm³/mol. The van der Waals surface area contributed by atoms with Crippen molar-refractivity contribution in [1.82, 2.24) is 20.2 Å². The SMILES string of the molecule is CCCc1ccc(Oc2nc(Nc3ccc(N4CCN(CCNCC)CC4)cc3)ncc2C(=O)Nc2c(C)cccc2C)c(OC)c1. The van der Waals surface area contributed by atoms with Crippen LogP contribution in [0.5, 0.6) is 17.4 Å². The number of hydrogen-bond donors (Lipinski definition) is 3. The molecule has 10 heteroatoms. The van der Waals surface area contributed by atoms with Gasteiger partial charge >= 0.3 is 0 Å². The van der Waals surface area contributed by atoms with E-state index < -0.39 is 0 Å². The lowest BCUT2D eigenvalue weighted by atomic mass is 10.1. The fourth-order valence-electron chi connectivity index (χ4n) is 5.73. The molecule has 1 amide bonds. The van der Waals surface area contributed by atoms with Gasteiger partial charge in [-0.25, -0.2) is 4.98 Å². The summed E-state index contributed by atoms with van der Waals surface area (Å²) in [5.41, 5.74) is 6.04. The minimum atomic E-state index is -0.364. The number of para-hydroxylation sites is 1. The highest BCUT2D eigenvalue weighted by Gasteiger charge is 2.21. The molecule has 3 aromatic carbocycles. The summed E-state index contributed by atoms with van der Waals surface area (Å²) in [4.78, 5) is 27.7. The Morgan fingerprint density at radius 2 is 1.68 bits per heavy atom. The van der Waals surface area contributed by atoms with Crippen molar-refractivity contribution >= 4 is 28.9 Å². The molecule has 1 aromatic heterocycles. The number of anilines is 4. The first-order chi connectivity index (χ1) is 22.9. The van der Waals surface area contributed by atoms with E-state index >= 15 is 0 Å². The maximum atomic E-state index is 13.6. The maximum absolute atomic E-state index is 13.6. The van der Waals surface area contributed by atoms with Crippen LogP contribution in [0.25, 0.3) is 0 Å². The molecule has 1 aliphatic heterocycles. The van der Waals surface area contributed by atoms with E-state index in [4.69, 9.17) is 9.47 Å². The van der Waals surface area contributed by atoms with Crippen LogP contribution in [0.1, 0.15) is 47.3 Å². The Morgan fingerprint density at radius 3 is 2.36 bits per heavy atom.